The average Bonchev–Trinajstić information content (AvgIpc) is 1.27. The van der Waals surface area contributed by atoms with Crippen LogP contribution in [-0.2, 0) is 10.4 Å². The molecule has 1 N–H and O–H groups in total. The summed E-state index contributed by atoms with van der Waals surface area (Å²) in [6.07, 6.45) is 0. The van der Waals surface area contributed by atoms with Crippen LogP contribution in [0.1, 0.15) is 0 Å². The van der Waals surface area contributed by atoms with Crippen molar-refractivity contribution in [1.82, 2.24) is 5.32 Å². The van der Waals surface area contributed by atoms with Gasteiger partial charge in [0.25, 0.3) is 0 Å². The molecule has 52 valence electrons. The minimum Gasteiger partial charge on any atom is -0.759 e. The first-order valence-corrected chi connectivity index (χ1v) is 3.00. The standard InChI is InChI=1S/C2H7N.Mg.H2O4S/c1-3-2;;1-5(2,3)4/h3H,1-2H3;;(H2,1,2,3,4)/q;+2;/p-2. The van der Waals surface area contributed by atoms with Crippen molar-refractivity contribution >= 4 is 33.5 Å². The Hall–Kier alpha value is 0.596. The van der Waals surface area contributed by atoms with Crippen LogP contribution in [0.2, 0.25) is 0 Å². The topological polar surface area (TPSA) is 92.3 Å². The molecular weight excluding hydrogens is 158 g/mol. The van der Waals surface area contributed by atoms with Gasteiger partial charge in [-0.3, -0.25) is 8.42 Å². The van der Waals surface area contributed by atoms with Gasteiger partial charge in [-0.15, -0.1) is 0 Å². The van der Waals surface area contributed by atoms with Gasteiger partial charge in [-0.2, -0.15) is 0 Å². The first kappa shape index (κ1) is 16.3. The molecule has 0 unspecified atom stereocenters. The smallest absolute Gasteiger partial charge is 0.759 e. The molecule has 0 fully saturated rings. The molecule has 0 aliphatic carbocycles. The summed E-state index contributed by atoms with van der Waals surface area (Å²) < 4.78 is 34.1. The van der Waals surface area contributed by atoms with Gasteiger partial charge in [0.1, 0.15) is 0 Å². The second-order valence-corrected chi connectivity index (χ2v) is 1.72. The normalized spacial score (nSPS) is 8.44. The Bertz CT molecular complexity index is 113. The number of hydrogen-bond donors (Lipinski definition) is 1. The van der Waals surface area contributed by atoms with Crippen molar-refractivity contribution in [1.29, 1.82) is 0 Å². The van der Waals surface area contributed by atoms with Crippen LogP contribution >= 0.6 is 0 Å². The van der Waals surface area contributed by atoms with Crippen LogP contribution in [0.5, 0.6) is 0 Å². The van der Waals surface area contributed by atoms with Crippen LogP contribution in [0.25, 0.3) is 0 Å². The van der Waals surface area contributed by atoms with E-state index in [0.717, 1.165) is 0 Å². The molecule has 0 saturated carbocycles. The van der Waals surface area contributed by atoms with Crippen LogP contribution in [0.15, 0.2) is 0 Å². The van der Waals surface area contributed by atoms with E-state index in [0.29, 0.717) is 0 Å². The summed E-state index contributed by atoms with van der Waals surface area (Å²) in [7, 11) is -1.42. The molecule has 0 bridgehead atoms. The van der Waals surface area contributed by atoms with E-state index in [4.69, 9.17) is 17.5 Å². The molecule has 0 spiro atoms. The van der Waals surface area contributed by atoms with E-state index in [-0.39, 0.29) is 23.1 Å². The zero-order valence-corrected chi connectivity index (χ0v) is 7.48. The molecule has 0 aliphatic rings. The largest absolute Gasteiger partial charge is 2.00 e. The SMILES string of the molecule is CNC.O=S(=O)([O-])[O-].[Mg+2]. The second-order valence-electron chi connectivity index (χ2n) is 0.908. The number of hydrogen-bond acceptors (Lipinski definition) is 5. The maximum atomic E-state index is 8.52. The molecular formula is C2H7MgNO4S. The van der Waals surface area contributed by atoms with Gasteiger partial charge in [-0.25, -0.2) is 0 Å². The van der Waals surface area contributed by atoms with Crippen LogP contribution in [0.3, 0.4) is 0 Å². The summed E-state index contributed by atoms with van der Waals surface area (Å²) in [6.45, 7) is 0. The monoisotopic (exact) mass is 165 g/mol. The van der Waals surface area contributed by atoms with Gasteiger partial charge in [0.2, 0.25) is 0 Å². The molecule has 0 aliphatic heterocycles. The molecule has 0 rings (SSSR count). The van der Waals surface area contributed by atoms with Gasteiger partial charge in [0.05, 0.1) is 0 Å². The Morgan fingerprint density at radius 3 is 1.22 bits per heavy atom. The van der Waals surface area contributed by atoms with Gasteiger partial charge < -0.3 is 14.4 Å². The predicted molar refractivity (Wildman–Crippen MR) is 31.2 cm³/mol. The third-order valence-electron chi connectivity index (χ3n) is 0. The van der Waals surface area contributed by atoms with E-state index in [1.165, 1.54) is 0 Å². The Balaban J connectivity index is -0.0000000800. The molecule has 9 heavy (non-hydrogen) atoms. The Kier molecular flexibility index (Phi) is 15.6. The first-order chi connectivity index (χ1) is 3.41. The quantitative estimate of drug-likeness (QED) is 0.258. The van der Waals surface area contributed by atoms with E-state index < -0.39 is 10.4 Å². The Morgan fingerprint density at radius 1 is 1.22 bits per heavy atom. The predicted octanol–water partition coefficient (Wildman–Crippen LogP) is -1.88. The molecule has 0 aromatic heterocycles. The van der Waals surface area contributed by atoms with E-state index in [1.807, 2.05) is 14.1 Å². The fourth-order valence-corrected chi connectivity index (χ4v) is 0. The second kappa shape index (κ2) is 8.60. The van der Waals surface area contributed by atoms with Gasteiger partial charge in [0.15, 0.2) is 0 Å². The van der Waals surface area contributed by atoms with Crippen LogP contribution in [0, 0.1) is 0 Å². The number of rotatable bonds is 0. The summed E-state index contributed by atoms with van der Waals surface area (Å²) in [4.78, 5) is 0. The third kappa shape index (κ3) is 1050. The molecule has 5 nitrogen and oxygen atoms in total. The molecule has 0 atom stereocenters. The molecule has 0 amide bonds. The summed E-state index contributed by atoms with van der Waals surface area (Å²) in [5, 5.41) is 2.75. The van der Waals surface area contributed by atoms with E-state index in [9.17, 15) is 0 Å². The summed E-state index contributed by atoms with van der Waals surface area (Å²) in [5.41, 5.74) is 0. The zero-order valence-electron chi connectivity index (χ0n) is 5.25. The fraction of sp³-hybridized carbons (Fsp3) is 1.00. The van der Waals surface area contributed by atoms with Crippen molar-refractivity contribution in [2.75, 3.05) is 14.1 Å². The maximum absolute atomic E-state index is 8.52. The zero-order chi connectivity index (χ0) is 7.21. The van der Waals surface area contributed by atoms with Gasteiger partial charge in [0, 0.05) is 10.4 Å². The van der Waals surface area contributed by atoms with Crippen LogP contribution in [0.4, 0.5) is 0 Å². The van der Waals surface area contributed by atoms with Gasteiger partial charge >= 0.3 is 23.1 Å². The Morgan fingerprint density at radius 2 is 1.22 bits per heavy atom. The Labute approximate surface area is 70.6 Å². The van der Waals surface area contributed by atoms with Crippen molar-refractivity contribution in [2.24, 2.45) is 0 Å². The van der Waals surface area contributed by atoms with Crippen LogP contribution in [-0.4, -0.2) is 54.7 Å². The van der Waals surface area contributed by atoms with Gasteiger partial charge in [-0.05, 0) is 14.1 Å². The molecule has 0 heterocycles. The molecule has 0 saturated heterocycles. The van der Waals surface area contributed by atoms with Crippen molar-refractivity contribution in [3.05, 3.63) is 0 Å². The van der Waals surface area contributed by atoms with E-state index >= 15 is 0 Å². The molecule has 0 aromatic carbocycles. The molecule has 7 heteroatoms. The third-order valence-corrected chi connectivity index (χ3v) is 0. The van der Waals surface area contributed by atoms with Crippen molar-refractivity contribution < 1.29 is 17.5 Å². The van der Waals surface area contributed by atoms with Crippen molar-refractivity contribution in [3.63, 3.8) is 0 Å². The van der Waals surface area contributed by atoms with Crippen LogP contribution < -0.4 is 5.32 Å². The van der Waals surface area contributed by atoms with Crippen molar-refractivity contribution in [2.45, 2.75) is 0 Å². The minimum atomic E-state index is -5.17. The average molecular weight is 165 g/mol. The molecule has 0 aromatic rings. The molecule has 0 radical (unpaired) electrons. The maximum Gasteiger partial charge on any atom is 2.00 e. The summed E-state index contributed by atoms with van der Waals surface area (Å²) in [5.74, 6) is 0. The van der Waals surface area contributed by atoms with Crippen molar-refractivity contribution in [3.8, 4) is 0 Å². The van der Waals surface area contributed by atoms with E-state index in [1.54, 1.807) is 0 Å². The number of nitrogens with one attached hydrogen (secondary N) is 1. The fourth-order valence-electron chi connectivity index (χ4n) is 0. The summed E-state index contributed by atoms with van der Waals surface area (Å²) >= 11 is 0. The minimum absolute atomic E-state index is 0. The van der Waals surface area contributed by atoms with Gasteiger partial charge in [-0.1, -0.05) is 0 Å². The van der Waals surface area contributed by atoms with E-state index in [2.05, 4.69) is 5.32 Å². The first-order valence-electron chi connectivity index (χ1n) is 1.67. The summed E-state index contributed by atoms with van der Waals surface area (Å²) in [6, 6.07) is 0.